The molecular formula is C16H18Cl2N2O2. The van der Waals surface area contributed by atoms with Gasteiger partial charge in [0, 0.05) is 22.1 Å². The van der Waals surface area contributed by atoms with E-state index in [0.29, 0.717) is 28.0 Å². The van der Waals surface area contributed by atoms with Crippen molar-refractivity contribution in [2.24, 2.45) is 0 Å². The highest BCUT2D eigenvalue weighted by Gasteiger charge is 2.24. The molecule has 0 amide bonds. The molecule has 0 saturated heterocycles. The van der Waals surface area contributed by atoms with Crippen molar-refractivity contribution in [2.75, 3.05) is 10.6 Å². The second-order valence-electron chi connectivity index (χ2n) is 6.32. The SMILES string of the molecule is Cc1cc(Cl)cc(Cl)c1CNc1c(NC(C)(C)C)c(=O)c1=O. The van der Waals surface area contributed by atoms with Crippen molar-refractivity contribution < 1.29 is 0 Å². The fourth-order valence-corrected chi connectivity index (χ4v) is 2.85. The van der Waals surface area contributed by atoms with Gasteiger partial charge >= 0.3 is 0 Å². The van der Waals surface area contributed by atoms with Crippen LogP contribution in [0.25, 0.3) is 0 Å². The van der Waals surface area contributed by atoms with Gasteiger partial charge in [-0.1, -0.05) is 23.2 Å². The number of nitrogens with one attached hydrogen (secondary N) is 2. The molecule has 0 atom stereocenters. The van der Waals surface area contributed by atoms with E-state index < -0.39 is 10.9 Å². The molecule has 6 heteroatoms. The van der Waals surface area contributed by atoms with Crippen LogP contribution in [0.2, 0.25) is 10.0 Å². The van der Waals surface area contributed by atoms with Crippen molar-refractivity contribution in [2.45, 2.75) is 39.8 Å². The highest BCUT2D eigenvalue weighted by atomic mass is 35.5. The molecule has 118 valence electrons. The van der Waals surface area contributed by atoms with Gasteiger partial charge < -0.3 is 10.6 Å². The molecule has 2 aromatic rings. The Morgan fingerprint density at radius 3 is 2.18 bits per heavy atom. The predicted molar refractivity (Wildman–Crippen MR) is 93.3 cm³/mol. The van der Waals surface area contributed by atoms with Crippen molar-refractivity contribution in [3.05, 3.63) is 53.8 Å². The zero-order valence-electron chi connectivity index (χ0n) is 12.9. The number of hydrogen-bond acceptors (Lipinski definition) is 4. The third-order valence-electron chi connectivity index (χ3n) is 3.24. The highest BCUT2D eigenvalue weighted by Crippen LogP contribution is 2.27. The van der Waals surface area contributed by atoms with Crippen LogP contribution in [-0.2, 0) is 6.54 Å². The summed E-state index contributed by atoms with van der Waals surface area (Å²) >= 11 is 12.1. The molecule has 0 fully saturated rings. The Labute approximate surface area is 139 Å². The maximum absolute atomic E-state index is 11.7. The van der Waals surface area contributed by atoms with E-state index in [2.05, 4.69) is 10.6 Å². The minimum Gasteiger partial charge on any atom is -0.376 e. The zero-order chi connectivity index (χ0) is 16.7. The van der Waals surface area contributed by atoms with Crippen molar-refractivity contribution in [3.63, 3.8) is 0 Å². The predicted octanol–water partition coefficient (Wildman–Crippen LogP) is 3.72. The number of rotatable bonds is 4. The summed E-state index contributed by atoms with van der Waals surface area (Å²) in [7, 11) is 0. The van der Waals surface area contributed by atoms with E-state index in [0.717, 1.165) is 11.1 Å². The second kappa shape index (κ2) is 5.94. The van der Waals surface area contributed by atoms with Crippen LogP contribution in [0.3, 0.4) is 0 Å². The monoisotopic (exact) mass is 340 g/mol. The second-order valence-corrected chi connectivity index (χ2v) is 7.16. The van der Waals surface area contributed by atoms with Gasteiger partial charge in [-0.3, -0.25) is 9.59 Å². The third-order valence-corrected chi connectivity index (χ3v) is 3.79. The van der Waals surface area contributed by atoms with Gasteiger partial charge in [0.1, 0.15) is 11.4 Å². The lowest BCUT2D eigenvalue weighted by atomic mass is 10.1. The Kier molecular flexibility index (Phi) is 4.54. The molecule has 0 saturated carbocycles. The van der Waals surface area contributed by atoms with E-state index in [1.165, 1.54) is 0 Å². The summed E-state index contributed by atoms with van der Waals surface area (Å²) in [6, 6.07) is 3.46. The van der Waals surface area contributed by atoms with Gasteiger partial charge in [0.05, 0.1) is 0 Å². The molecule has 0 aliphatic rings. The van der Waals surface area contributed by atoms with Crippen LogP contribution >= 0.6 is 23.2 Å². The first-order valence-electron chi connectivity index (χ1n) is 6.90. The van der Waals surface area contributed by atoms with Gasteiger partial charge in [-0.15, -0.1) is 0 Å². The first-order valence-corrected chi connectivity index (χ1v) is 7.65. The molecule has 2 aromatic carbocycles. The van der Waals surface area contributed by atoms with Gasteiger partial charge in [0.25, 0.3) is 10.9 Å². The minimum atomic E-state index is -0.505. The summed E-state index contributed by atoms with van der Waals surface area (Å²) in [5.41, 5.74) is 1.12. The van der Waals surface area contributed by atoms with Gasteiger partial charge in [0.15, 0.2) is 0 Å². The molecule has 0 radical (unpaired) electrons. The van der Waals surface area contributed by atoms with E-state index in [1.54, 1.807) is 12.1 Å². The Bertz CT molecular complexity index is 761. The van der Waals surface area contributed by atoms with E-state index in [9.17, 15) is 9.59 Å². The quantitative estimate of drug-likeness (QED) is 0.832. The Hall–Kier alpha value is -1.52. The lowest BCUT2D eigenvalue weighted by molar-refractivity contribution is 0.632. The molecule has 0 bridgehead atoms. The molecule has 22 heavy (non-hydrogen) atoms. The fraction of sp³-hybridized carbons (Fsp3) is 0.375. The summed E-state index contributed by atoms with van der Waals surface area (Å²) in [5.74, 6) is 0. The van der Waals surface area contributed by atoms with Crippen molar-refractivity contribution >= 4 is 34.6 Å². The van der Waals surface area contributed by atoms with E-state index in [1.807, 2.05) is 27.7 Å². The number of benzene rings is 1. The summed E-state index contributed by atoms with van der Waals surface area (Å²) < 4.78 is 0. The average molecular weight is 341 g/mol. The molecule has 4 nitrogen and oxygen atoms in total. The molecule has 0 aliphatic carbocycles. The fourth-order valence-electron chi connectivity index (χ4n) is 2.19. The number of halogens is 2. The van der Waals surface area contributed by atoms with Gasteiger partial charge in [-0.2, -0.15) is 0 Å². The Morgan fingerprint density at radius 1 is 1.05 bits per heavy atom. The van der Waals surface area contributed by atoms with Crippen molar-refractivity contribution in [1.29, 1.82) is 0 Å². The van der Waals surface area contributed by atoms with Crippen LogP contribution in [0.5, 0.6) is 0 Å². The number of hydrogen-bond donors (Lipinski definition) is 2. The first-order chi connectivity index (χ1) is 10.1. The van der Waals surface area contributed by atoms with Crippen LogP contribution in [0.1, 0.15) is 31.9 Å². The maximum atomic E-state index is 11.7. The van der Waals surface area contributed by atoms with Crippen LogP contribution in [0, 0.1) is 6.92 Å². The summed E-state index contributed by atoms with van der Waals surface area (Å²) in [6.45, 7) is 8.02. The molecule has 2 N–H and O–H groups in total. The molecule has 0 spiro atoms. The topological polar surface area (TPSA) is 58.2 Å². The third kappa shape index (κ3) is 3.45. The maximum Gasteiger partial charge on any atom is 0.253 e. The van der Waals surface area contributed by atoms with Crippen molar-refractivity contribution in [1.82, 2.24) is 0 Å². The van der Waals surface area contributed by atoms with E-state index >= 15 is 0 Å². The smallest absolute Gasteiger partial charge is 0.253 e. The molecule has 0 aliphatic heterocycles. The lowest BCUT2D eigenvalue weighted by Crippen LogP contribution is -2.41. The van der Waals surface area contributed by atoms with E-state index in [-0.39, 0.29) is 5.54 Å². The molecule has 0 unspecified atom stereocenters. The Morgan fingerprint density at radius 2 is 1.64 bits per heavy atom. The minimum absolute atomic E-state index is 0.299. The van der Waals surface area contributed by atoms with Crippen LogP contribution in [0.4, 0.5) is 11.4 Å². The molecule has 0 heterocycles. The largest absolute Gasteiger partial charge is 0.376 e. The van der Waals surface area contributed by atoms with E-state index in [4.69, 9.17) is 23.2 Å². The van der Waals surface area contributed by atoms with Gasteiger partial charge in [-0.25, -0.2) is 0 Å². The molecule has 0 aromatic heterocycles. The first kappa shape index (κ1) is 16.8. The normalized spacial score (nSPS) is 11.7. The Balaban J connectivity index is 2.22. The molecular weight excluding hydrogens is 323 g/mol. The summed E-state index contributed by atoms with van der Waals surface area (Å²) in [4.78, 5) is 23.4. The lowest BCUT2D eigenvalue weighted by Gasteiger charge is -2.25. The average Bonchev–Trinajstić information content (AvgIpc) is 2.38. The van der Waals surface area contributed by atoms with Gasteiger partial charge in [-0.05, 0) is 51.0 Å². The number of aryl methyl sites for hydroxylation is 1. The van der Waals surface area contributed by atoms with Gasteiger partial charge in [0.2, 0.25) is 0 Å². The standard InChI is InChI=1S/C16H18Cl2N2O2/c1-8-5-9(17)6-11(18)10(8)7-19-12-13(15(22)14(12)21)20-16(2,3)4/h5-6,19-20H,7H2,1-4H3. The van der Waals surface area contributed by atoms with Crippen LogP contribution in [-0.4, -0.2) is 5.54 Å². The summed E-state index contributed by atoms with van der Waals surface area (Å²) in [5, 5.41) is 7.16. The van der Waals surface area contributed by atoms with Crippen molar-refractivity contribution in [3.8, 4) is 0 Å². The molecule has 2 rings (SSSR count). The van der Waals surface area contributed by atoms with Crippen LogP contribution in [0.15, 0.2) is 21.7 Å². The highest BCUT2D eigenvalue weighted by molar-refractivity contribution is 6.35. The summed E-state index contributed by atoms with van der Waals surface area (Å²) in [6.07, 6.45) is 0. The van der Waals surface area contributed by atoms with Crippen LogP contribution < -0.4 is 21.5 Å². The zero-order valence-corrected chi connectivity index (χ0v) is 14.4. The number of anilines is 2.